The molecule has 0 aliphatic rings. The number of hydrogen-bond donors (Lipinski definition) is 1. The maximum atomic E-state index is 6.01. The van der Waals surface area contributed by atoms with Crippen LogP contribution in [-0.4, -0.2) is 178 Å². The predicted molar refractivity (Wildman–Crippen MR) is 288 cm³/mol. The first-order valence-electron chi connectivity index (χ1n) is 27.8. The molecule has 15 heteroatoms. The molecule has 0 aliphatic heterocycles. The zero-order chi connectivity index (χ0) is 53.5. The number of hydrogen-bond acceptors (Lipinski definition) is 15. The third kappa shape index (κ3) is 40.7. The summed E-state index contributed by atoms with van der Waals surface area (Å²) in [7, 11) is 0. The lowest BCUT2D eigenvalue weighted by molar-refractivity contribution is -0.115. The van der Waals surface area contributed by atoms with Crippen molar-refractivity contribution < 1.29 is 66.3 Å². The van der Waals surface area contributed by atoms with E-state index in [1.54, 1.807) is 0 Å². The van der Waals surface area contributed by atoms with E-state index in [0.29, 0.717) is 92.5 Å². The van der Waals surface area contributed by atoms with Gasteiger partial charge in [0.2, 0.25) is 0 Å². The molecule has 0 fully saturated rings. The largest absolute Gasteiger partial charge is 0.491 e. The van der Waals surface area contributed by atoms with E-state index in [0.717, 1.165) is 12.2 Å². The molecule has 14 atom stereocenters. The van der Waals surface area contributed by atoms with Gasteiger partial charge >= 0.3 is 0 Å². The van der Waals surface area contributed by atoms with E-state index in [-0.39, 0.29) is 85.4 Å². The van der Waals surface area contributed by atoms with Crippen molar-refractivity contribution >= 4 is 0 Å². The maximum absolute atomic E-state index is 6.01. The average Bonchev–Trinajstić information content (AvgIpc) is 3.36. The molecule has 72 heavy (non-hydrogen) atoms. The Morgan fingerprint density at radius 3 is 0.764 bits per heavy atom. The lowest BCUT2D eigenvalue weighted by Crippen LogP contribution is -2.31. The topological polar surface area (TPSA) is 155 Å². The highest BCUT2D eigenvalue weighted by Gasteiger charge is 2.17. The summed E-state index contributed by atoms with van der Waals surface area (Å²) in [5.74, 6) is 0.876. The van der Waals surface area contributed by atoms with Crippen molar-refractivity contribution in [2.75, 3.05) is 92.5 Å². The molecular weight excluding hydrogens is 923 g/mol. The molecule has 2 N–H and O–H groups in total. The summed E-state index contributed by atoms with van der Waals surface area (Å²) in [6.45, 7) is 36.7. The van der Waals surface area contributed by atoms with Crippen molar-refractivity contribution in [3.05, 3.63) is 29.8 Å². The van der Waals surface area contributed by atoms with E-state index in [1.807, 2.05) is 96.9 Å². The maximum Gasteiger partial charge on any atom is 0.119 e. The zero-order valence-electron chi connectivity index (χ0n) is 48.2. The molecule has 1 aromatic rings. The van der Waals surface area contributed by atoms with Crippen LogP contribution in [0.5, 0.6) is 5.75 Å². The van der Waals surface area contributed by atoms with Crippen molar-refractivity contribution in [3.63, 3.8) is 0 Å². The summed E-state index contributed by atoms with van der Waals surface area (Å²) in [6.07, 6.45) is 9.44. The highest BCUT2D eigenvalue weighted by molar-refractivity contribution is 5.27. The van der Waals surface area contributed by atoms with Crippen LogP contribution in [0.1, 0.15) is 154 Å². The number of benzene rings is 1. The second kappa shape index (κ2) is 43.5. The molecule has 14 unspecified atom stereocenters. The van der Waals surface area contributed by atoms with E-state index in [9.17, 15) is 0 Å². The quantitative estimate of drug-likeness (QED) is 0.0615. The van der Waals surface area contributed by atoms with Crippen molar-refractivity contribution in [3.8, 4) is 5.75 Å². The standard InChI is InChI=1S/C57H109NO14/c1-16-17-18-19-20-21-22-23-56-24-26-57(27-25-56)72-41-55(15)71-40-54(14)70-39-53(13)69-38-52(12)68-37-51(11)67-36-50(10)66-35-49(9)65-34-48(8)64-33-47(7)63-32-46(6)62-31-45(5)61-30-44(4)60-29-43(3)59-28-42(2)58/h24-27,42-55H,16-23,28-41,58H2,1-15H3. The molecular formula is C57H109NO14. The Kier molecular flexibility index (Phi) is 41.4. The number of rotatable bonds is 50. The molecule has 0 aliphatic carbocycles. The summed E-state index contributed by atoms with van der Waals surface area (Å²) in [4.78, 5) is 0. The molecule has 0 aromatic heterocycles. The van der Waals surface area contributed by atoms with E-state index >= 15 is 0 Å². The van der Waals surface area contributed by atoms with Gasteiger partial charge in [-0.25, -0.2) is 0 Å². The first-order chi connectivity index (χ1) is 34.3. The first-order valence-corrected chi connectivity index (χ1v) is 27.8. The lowest BCUT2D eigenvalue weighted by atomic mass is 10.0. The number of ether oxygens (including phenoxy) is 14. The van der Waals surface area contributed by atoms with Crippen LogP contribution in [0.2, 0.25) is 0 Å². The molecule has 0 saturated heterocycles. The van der Waals surface area contributed by atoms with E-state index in [4.69, 9.17) is 72.0 Å². The minimum absolute atomic E-state index is 0.00767. The Morgan fingerprint density at radius 1 is 0.292 bits per heavy atom. The Morgan fingerprint density at radius 2 is 0.514 bits per heavy atom. The Hall–Kier alpha value is -1.54. The van der Waals surface area contributed by atoms with Gasteiger partial charge in [0.15, 0.2) is 0 Å². The SMILES string of the molecule is CCCCCCCCCc1ccc(OCC(C)OCC(C)OCC(C)OCC(C)OCC(C)OCC(C)OCC(C)OCC(C)OCC(C)OCC(C)OCC(C)OCC(C)OCC(C)OCC(C)N)cc1. The molecule has 0 heterocycles. The van der Waals surface area contributed by atoms with Crippen molar-refractivity contribution in [2.45, 2.75) is 241 Å². The molecule has 1 rings (SSSR count). The Bertz CT molecular complexity index is 1350. The molecule has 0 bridgehead atoms. The second-order valence-electron chi connectivity index (χ2n) is 20.7. The Labute approximate surface area is 439 Å². The second-order valence-corrected chi connectivity index (χ2v) is 20.7. The van der Waals surface area contributed by atoms with Crippen LogP contribution in [0, 0.1) is 0 Å². The van der Waals surface area contributed by atoms with Gasteiger partial charge in [-0.15, -0.1) is 0 Å². The van der Waals surface area contributed by atoms with Gasteiger partial charge in [0, 0.05) is 6.04 Å². The predicted octanol–water partition coefficient (Wildman–Crippen LogP) is 9.97. The van der Waals surface area contributed by atoms with E-state index in [1.165, 1.54) is 50.5 Å². The fourth-order valence-corrected chi connectivity index (χ4v) is 6.79. The highest BCUT2D eigenvalue weighted by Crippen LogP contribution is 2.16. The molecule has 0 saturated carbocycles. The molecule has 0 amide bonds. The molecule has 15 nitrogen and oxygen atoms in total. The summed E-state index contributed by atoms with van der Waals surface area (Å²) < 4.78 is 83.4. The van der Waals surface area contributed by atoms with Crippen LogP contribution in [0.25, 0.3) is 0 Å². The molecule has 1 aromatic carbocycles. The summed E-state index contributed by atoms with van der Waals surface area (Å²) in [5.41, 5.74) is 7.12. The fourth-order valence-electron chi connectivity index (χ4n) is 6.79. The lowest BCUT2D eigenvalue weighted by Gasteiger charge is -2.23. The normalized spacial score (nSPS) is 18.1. The summed E-state index contributed by atoms with van der Waals surface area (Å²) >= 11 is 0. The van der Waals surface area contributed by atoms with E-state index in [2.05, 4.69) is 31.2 Å². The van der Waals surface area contributed by atoms with E-state index < -0.39 is 0 Å². The third-order valence-electron chi connectivity index (χ3n) is 11.5. The van der Waals surface area contributed by atoms with Crippen LogP contribution in [0.4, 0.5) is 0 Å². The average molecular weight is 1030 g/mol. The van der Waals surface area contributed by atoms with Crippen LogP contribution < -0.4 is 10.5 Å². The van der Waals surface area contributed by atoms with Gasteiger partial charge in [0.05, 0.1) is 165 Å². The monoisotopic (exact) mass is 1030 g/mol. The number of unbranched alkanes of at least 4 members (excludes halogenated alkanes) is 6. The van der Waals surface area contributed by atoms with Gasteiger partial charge < -0.3 is 72.0 Å². The zero-order valence-corrected chi connectivity index (χ0v) is 48.2. The van der Waals surface area contributed by atoms with Gasteiger partial charge in [-0.1, -0.05) is 57.6 Å². The highest BCUT2D eigenvalue weighted by atomic mass is 16.6. The fraction of sp³-hybridized carbons (Fsp3) is 0.895. The first kappa shape index (κ1) is 68.5. The van der Waals surface area contributed by atoms with Crippen LogP contribution >= 0.6 is 0 Å². The number of nitrogens with two attached hydrogens (primary N) is 1. The van der Waals surface area contributed by atoms with Gasteiger partial charge in [-0.3, -0.25) is 0 Å². The van der Waals surface area contributed by atoms with Crippen molar-refractivity contribution in [2.24, 2.45) is 5.73 Å². The van der Waals surface area contributed by atoms with Crippen molar-refractivity contribution in [1.82, 2.24) is 0 Å². The Balaban J connectivity index is 2.08. The van der Waals surface area contributed by atoms with Gasteiger partial charge in [-0.2, -0.15) is 0 Å². The third-order valence-corrected chi connectivity index (χ3v) is 11.5. The van der Waals surface area contributed by atoms with Crippen LogP contribution in [-0.2, 0) is 68.0 Å². The van der Waals surface area contributed by atoms with Gasteiger partial charge in [0.1, 0.15) is 12.4 Å². The smallest absolute Gasteiger partial charge is 0.119 e. The van der Waals surface area contributed by atoms with Gasteiger partial charge in [0.25, 0.3) is 0 Å². The minimum atomic E-state index is -0.0979. The molecule has 0 spiro atoms. The van der Waals surface area contributed by atoms with Gasteiger partial charge in [-0.05, 0) is 127 Å². The van der Waals surface area contributed by atoms with Crippen molar-refractivity contribution in [1.29, 1.82) is 0 Å². The van der Waals surface area contributed by atoms with Crippen LogP contribution in [0.3, 0.4) is 0 Å². The summed E-state index contributed by atoms with van der Waals surface area (Å²) in [6, 6.07) is 8.51. The minimum Gasteiger partial charge on any atom is -0.491 e. The molecule has 0 radical (unpaired) electrons. The van der Waals surface area contributed by atoms with Crippen LogP contribution in [0.15, 0.2) is 24.3 Å². The summed E-state index contributed by atoms with van der Waals surface area (Å²) in [5, 5.41) is 0. The number of aryl methyl sites for hydroxylation is 1. The molecule has 426 valence electrons.